The van der Waals surface area contributed by atoms with E-state index in [1.165, 1.54) is 0 Å². The van der Waals surface area contributed by atoms with Crippen LogP contribution in [0.5, 0.6) is 0 Å². The second kappa shape index (κ2) is 8.55. The number of benzene rings is 3. The van der Waals surface area contributed by atoms with E-state index < -0.39 is 28.8 Å². The third kappa shape index (κ3) is 3.35. The summed E-state index contributed by atoms with van der Waals surface area (Å²) in [7, 11) is 0. The van der Waals surface area contributed by atoms with Crippen LogP contribution in [0.4, 0.5) is 11.4 Å². The molecule has 1 N–H and O–H groups in total. The van der Waals surface area contributed by atoms with Crippen molar-refractivity contribution >= 4 is 58.1 Å². The predicted molar refractivity (Wildman–Crippen MR) is 151 cm³/mol. The summed E-state index contributed by atoms with van der Waals surface area (Å²) in [5.74, 6) is -1.79. The van der Waals surface area contributed by atoms with Crippen LogP contribution in [0.3, 0.4) is 0 Å². The minimum absolute atomic E-state index is 0.127. The summed E-state index contributed by atoms with van der Waals surface area (Å²) in [6.07, 6.45) is 3.86. The Kier molecular flexibility index (Phi) is 5.60. The van der Waals surface area contributed by atoms with Crippen molar-refractivity contribution in [2.24, 2.45) is 11.3 Å². The van der Waals surface area contributed by atoms with Crippen molar-refractivity contribution in [2.45, 2.75) is 38.3 Å². The first-order valence-electron chi connectivity index (χ1n) is 12.6. The molecule has 3 heterocycles. The zero-order valence-corrected chi connectivity index (χ0v) is 22.7. The maximum atomic E-state index is 14.6. The molecule has 38 heavy (non-hydrogen) atoms. The fourth-order valence-electron chi connectivity index (χ4n) is 6.42. The number of carbonyl (C=O) groups is 3. The number of hydrogen-bond acceptors (Lipinski definition) is 4. The maximum Gasteiger partial charge on any atom is 0.238 e. The van der Waals surface area contributed by atoms with E-state index >= 15 is 0 Å². The first-order chi connectivity index (χ1) is 18.1. The van der Waals surface area contributed by atoms with E-state index in [0.29, 0.717) is 21.8 Å². The van der Waals surface area contributed by atoms with Crippen molar-refractivity contribution in [1.29, 1.82) is 0 Å². The van der Waals surface area contributed by atoms with Crippen LogP contribution in [-0.2, 0) is 15.0 Å². The second-order valence-electron chi connectivity index (χ2n) is 11.2. The van der Waals surface area contributed by atoms with Crippen molar-refractivity contribution in [1.82, 2.24) is 0 Å². The minimum Gasteiger partial charge on any atom is -0.352 e. The number of carbonyl (C=O) groups excluding carboxylic acids is 3. The third-order valence-electron chi connectivity index (χ3n) is 8.02. The van der Waals surface area contributed by atoms with Crippen molar-refractivity contribution in [2.75, 3.05) is 10.2 Å². The monoisotopic (exact) mass is 544 g/mol. The van der Waals surface area contributed by atoms with Gasteiger partial charge in [0, 0.05) is 27.4 Å². The highest BCUT2D eigenvalue weighted by atomic mass is 35.5. The lowest BCUT2D eigenvalue weighted by atomic mass is 9.63. The van der Waals surface area contributed by atoms with E-state index in [0.717, 1.165) is 11.3 Å². The predicted octanol–water partition coefficient (Wildman–Crippen LogP) is 6.58. The SMILES string of the molecule is CC(C)(C)C(=O)[C@@H]1[C@H](C(=O)c2ccccc2Cl)[C@]2(C(=O)Nc3ccccc32)[C@H]2C=Cc3cc(Cl)ccc3N12. The Morgan fingerprint density at radius 3 is 2.42 bits per heavy atom. The van der Waals surface area contributed by atoms with Crippen molar-refractivity contribution in [3.05, 3.63) is 99.5 Å². The van der Waals surface area contributed by atoms with Crippen LogP contribution in [0.15, 0.2) is 72.8 Å². The molecular weight excluding hydrogens is 519 g/mol. The molecule has 1 saturated heterocycles. The van der Waals surface area contributed by atoms with Gasteiger partial charge in [0.15, 0.2) is 11.6 Å². The molecule has 0 bridgehead atoms. The Labute approximate surface area is 231 Å². The molecule has 1 amide bonds. The quantitative estimate of drug-likeness (QED) is 0.378. The maximum absolute atomic E-state index is 14.6. The number of halogens is 2. The van der Waals surface area contributed by atoms with Gasteiger partial charge in [0.2, 0.25) is 5.91 Å². The molecule has 1 spiro atoms. The van der Waals surface area contributed by atoms with Gasteiger partial charge in [0.1, 0.15) is 11.5 Å². The van der Waals surface area contributed by atoms with Gasteiger partial charge < -0.3 is 10.2 Å². The Balaban J connectivity index is 1.70. The highest BCUT2D eigenvalue weighted by molar-refractivity contribution is 6.34. The molecule has 0 aromatic heterocycles. The molecule has 0 saturated carbocycles. The molecule has 4 atom stereocenters. The second-order valence-corrected chi connectivity index (χ2v) is 12.0. The highest BCUT2D eigenvalue weighted by Crippen LogP contribution is 2.58. The number of fused-ring (bicyclic) bond motifs is 6. The summed E-state index contributed by atoms with van der Waals surface area (Å²) in [6.45, 7) is 5.53. The normalized spacial score (nSPS) is 25.1. The molecule has 3 aromatic carbocycles. The number of hydrogen-bond donors (Lipinski definition) is 1. The molecule has 6 rings (SSSR count). The van der Waals surface area contributed by atoms with Crippen molar-refractivity contribution in [3.63, 3.8) is 0 Å². The molecule has 0 unspecified atom stereocenters. The lowest BCUT2D eigenvalue weighted by molar-refractivity contribution is -0.128. The van der Waals surface area contributed by atoms with Gasteiger partial charge in [-0.15, -0.1) is 0 Å². The van der Waals surface area contributed by atoms with Gasteiger partial charge in [0.25, 0.3) is 0 Å². The smallest absolute Gasteiger partial charge is 0.238 e. The zero-order chi connectivity index (χ0) is 27.0. The van der Waals surface area contributed by atoms with Gasteiger partial charge in [-0.05, 0) is 47.5 Å². The summed E-state index contributed by atoms with van der Waals surface area (Å²) >= 11 is 12.9. The standard InChI is InChI=1S/C31H26Cl2N2O3/c1-30(2,3)28(37)26-25(27(36)19-8-4-6-10-21(19)33)31(20-9-5-7-11-22(20)34-29(31)38)24-15-12-17-16-18(32)13-14-23(17)35(24)26/h4-16,24-26H,1-3H3,(H,34,38)/t24-,25-,26+,31-/m1/s1. The number of ketones is 2. The molecule has 0 aliphatic carbocycles. The van der Waals surface area contributed by atoms with Crippen LogP contribution in [0.25, 0.3) is 6.08 Å². The van der Waals surface area contributed by atoms with E-state index in [-0.39, 0.29) is 22.5 Å². The van der Waals surface area contributed by atoms with Crippen LogP contribution in [0.1, 0.15) is 42.3 Å². The van der Waals surface area contributed by atoms with E-state index in [4.69, 9.17) is 23.2 Å². The first-order valence-corrected chi connectivity index (χ1v) is 13.3. The average molecular weight is 545 g/mol. The van der Waals surface area contributed by atoms with E-state index in [2.05, 4.69) is 5.32 Å². The first kappa shape index (κ1) is 24.9. The molecular formula is C31H26Cl2N2O3. The van der Waals surface area contributed by atoms with Crippen molar-refractivity contribution < 1.29 is 14.4 Å². The Morgan fingerprint density at radius 2 is 1.68 bits per heavy atom. The molecule has 7 heteroatoms. The topological polar surface area (TPSA) is 66.5 Å². The van der Waals surface area contributed by atoms with Crippen LogP contribution < -0.4 is 10.2 Å². The molecule has 3 aliphatic heterocycles. The highest BCUT2D eigenvalue weighted by Gasteiger charge is 2.70. The lowest BCUT2D eigenvalue weighted by Crippen LogP contribution is -2.51. The molecule has 0 radical (unpaired) electrons. The van der Waals surface area contributed by atoms with Gasteiger partial charge in [-0.25, -0.2) is 0 Å². The van der Waals surface area contributed by atoms with Gasteiger partial charge >= 0.3 is 0 Å². The van der Waals surface area contributed by atoms with E-state index in [9.17, 15) is 14.4 Å². The van der Waals surface area contributed by atoms with Crippen LogP contribution in [0, 0.1) is 11.3 Å². The molecule has 5 nitrogen and oxygen atoms in total. The Morgan fingerprint density at radius 1 is 0.974 bits per heavy atom. The van der Waals surface area contributed by atoms with Crippen LogP contribution in [0.2, 0.25) is 10.0 Å². The molecule has 3 aromatic rings. The van der Waals surface area contributed by atoms with E-state index in [1.54, 1.807) is 30.3 Å². The number of nitrogens with zero attached hydrogens (tertiary/aromatic N) is 1. The number of para-hydroxylation sites is 1. The number of Topliss-reactive ketones (excluding diaryl/α,β-unsaturated/α-hetero) is 2. The van der Waals surface area contributed by atoms with E-state index in [1.807, 2.05) is 74.2 Å². The summed E-state index contributed by atoms with van der Waals surface area (Å²) in [5, 5.41) is 3.88. The molecule has 1 fully saturated rings. The number of anilines is 2. The van der Waals surface area contributed by atoms with Gasteiger partial charge in [-0.3, -0.25) is 14.4 Å². The van der Waals surface area contributed by atoms with Crippen LogP contribution >= 0.6 is 23.2 Å². The number of nitrogens with one attached hydrogen (secondary N) is 1. The van der Waals surface area contributed by atoms with Gasteiger partial charge in [0.05, 0.1) is 17.0 Å². The largest absolute Gasteiger partial charge is 0.352 e. The Bertz CT molecular complexity index is 1560. The van der Waals surface area contributed by atoms with Crippen molar-refractivity contribution in [3.8, 4) is 0 Å². The minimum atomic E-state index is -1.35. The molecule has 3 aliphatic rings. The zero-order valence-electron chi connectivity index (χ0n) is 21.2. The molecule has 192 valence electrons. The van der Waals surface area contributed by atoms with Gasteiger partial charge in [-0.2, -0.15) is 0 Å². The third-order valence-corrected chi connectivity index (χ3v) is 8.59. The summed E-state index contributed by atoms with van der Waals surface area (Å²) in [4.78, 5) is 45.2. The lowest BCUT2D eigenvalue weighted by Gasteiger charge is -2.38. The number of rotatable bonds is 3. The number of amides is 1. The van der Waals surface area contributed by atoms with Gasteiger partial charge in [-0.1, -0.05) is 86.5 Å². The fourth-order valence-corrected chi connectivity index (χ4v) is 6.83. The average Bonchev–Trinajstić information content (AvgIpc) is 3.35. The summed E-state index contributed by atoms with van der Waals surface area (Å²) in [6, 6.07) is 18.2. The summed E-state index contributed by atoms with van der Waals surface area (Å²) in [5.41, 5.74) is 1.09. The fraction of sp³-hybridized carbons (Fsp3) is 0.258. The Hall–Kier alpha value is -3.41. The summed E-state index contributed by atoms with van der Waals surface area (Å²) < 4.78 is 0. The van der Waals surface area contributed by atoms with Crippen LogP contribution in [-0.4, -0.2) is 29.6 Å².